The molecule has 0 saturated heterocycles. The van der Waals surface area contributed by atoms with E-state index in [0.29, 0.717) is 5.82 Å². The highest BCUT2D eigenvalue weighted by Crippen LogP contribution is 2.14. The zero-order chi connectivity index (χ0) is 15.5. The van der Waals surface area contributed by atoms with Crippen LogP contribution in [0.1, 0.15) is 41.0 Å². The molecule has 6 heteroatoms. The molecular weight excluding hydrogens is 258 g/mol. The first-order chi connectivity index (χ1) is 9.14. The number of carboxylic acids is 1. The van der Waals surface area contributed by atoms with E-state index < -0.39 is 5.97 Å². The van der Waals surface area contributed by atoms with E-state index in [4.69, 9.17) is 5.11 Å². The average Bonchev–Trinajstić information content (AvgIpc) is 2.28. The molecule has 1 rings (SSSR count). The molecule has 0 aliphatic rings. The Balaban J connectivity index is 3.22. The Kier molecular flexibility index (Phi) is 4.92. The third-order valence-electron chi connectivity index (χ3n) is 3.01. The Morgan fingerprint density at radius 3 is 2.50 bits per heavy atom. The summed E-state index contributed by atoms with van der Waals surface area (Å²) >= 11 is 0. The van der Waals surface area contributed by atoms with Crippen molar-refractivity contribution in [2.24, 2.45) is 0 Å². The van der Waals surface area contributed by atoms with Gasteiger partial charge in [-0.2, -0.15) is 0 Å². The molecule has 112 valence electrons. The second-order valence-corrected chi connectivity index (χ2v) is 6.03. The molecule has 0 aliphatic carbocycles. The van der Waals surface area contributed by atoms with E-state index in [1.165, 1.54) is 0 Å². The molecule has 0 bridgehead atoms. The van der Waals surface area contributed by atoms with Crippen molar-refractivity contribution < 1.29 is 9.90 Å². The minimum atomic E-state index is -0.886. The molecule has 1 aromatic rings. The van der Waals surface area contributed by atoms with Crippen molar-refractivity contribution in [2.75, 3.05) is 11.4 Å². The van der Waals surface area contributed by atoms with Crippen LogP contribution in [-0.4, -0.2) is 33.2 Å². The molecule has 0 amide bonds. The first-order valence-electron chi connectivity index (χ1n) is 6.71. The number of aromatic nitrogens is 2. The Labute approximate surface area is 119 Å². The van der Waals surface area contributed by atoms with E-state index in [1.807, 2.05) is 34.6 Å². The maximum absolute atomic E-state index is 12.5. The van der Waals surface area contributed by atoms with Gasteiger partial charge < -0.3 is 14.6 Å². The first kappa shape index (κ1) is 16.2. The molecule has 0 unspecified atom stereocenters. The lowest BCUT2D eigenvalue weighted by Gasteiger charge is -2.29. The van der Waals surface area contributed by atoms with Gasteiger partial charge in [0.15, 0.2) is 5.82 Å². The maximum atomic E-state index is 12.5. The second kappa shape index (κ2) is 6.07. The van der Waals surface area contributed by atoms with Crippen LogP contribution in [0.15, 0.2) is 17.2 Å². The third kappa shape index (κ3) is 3.82. The summed E-state index contributed by atoms with van der Waals surface area (Å²) < 4.78 is 1.62. The van der Waals surface area contributed by atoms with Crippen LogP contribution in [0.5, 0.6) is 0 Å². The molecular formula is C14H23N3O3. The van der Waals surface area contributed by atoms with Gasteiger partial charge in [-0.25, -0.2) is 4.98 Å². The normalized spacial score (nSPS) is 11.7. The van der Waals surface area contributed by atoms with Crippen molar-refractivity contribution >= 4 is 11.8 Å². The summed E-state index contributed by atoms with van der Waals surface area (Å²) in [5.41, 5.74) is -0.538. The van der Waals surface area contributed by atoms with E-state index in [9.17, 15) is 9.59 Å². The summed E-state index contributed by atoms with van der Waals surface area (Å²) in [6, 6.07) is 0.00497. The molecule has 0 spiro atoms. The molecule has 0 aromatic carbocycles. The summed E-state index contributed by atoms with van der Waals surface area (Å²) in [5, 5.41) is 8.81. The smallest absolute Gasteiger partial charge is 0.305 e. The molecule has 6 nitrogen and oxygen atoms in total. The molecule has 1 aromatic heterocycles. The predicted octanol–water partition coefficient (Wildman–Crippen LogP) is 1.69. The molecule has 0 radical (unpaired) electrons. The van der Waals surface area contributed by atoms with Gasteiger partial charge in [0.25, 0.3) is 5.56 Å². The van der Waals surface area contributed by atoms with Crippen LogP contribution in [0.3, 0.4) is 0 Å². The molecule has 1 N–H and O–H groups in total. The maximum Gasteiger partial charge on any atom is 0.305 e. The number of carboxylic acid groups (broad SMARTS) is 1. The van der Waals surface area contributed by atoms with Crippen LogP contribution in [0.4, 0.5) is 5.82 Å². The Bertz CT molecular complexity index is 529. The highest BCUT2D eigenvalue weighted by Gasteiger charge is 2.21. The van der Waals surface area contributed by atoms with Crippen molar-refractivity contribution in [2.45, 2.75) is 52.6 Å². The molecule has 1 heterocycles. The summed E-state index contributed by atoms with van der Waals surface area (Å²) in [7, 11) is 0. The third-order valence-corrected chi connectivity index (χ3v) is 3.01. The SMILES string of the molecule is CC(C)N(CCC(=O)O)c1nccn(C(C)(C)C)c1=O. The number of aliphatic carboxylic acids is 1. The van der Waals surface area contributed by atoms with Crippen LogP contribution in [0.2, 0.25) is 0 Å². The van der Waals surface area contributed by atoms with Crippen molar-refractivity contribution in [3.8, 4) is 0 Å². The largest absolute Gasteiger partial charge is 0.481 e. The molecule has 0 fully saturated rings. The fourth-order valence-corrected chi connectivity index (χ4v) is 1.95. The van der Waals surface area contributed by atoms with Crippen molar-refractivity contribution in [3.05, 3.63) is 22.7 Å². The van der Waals surface area contributed by atoms with Crippen LogP contribution in [0, 0.1) is 0 Å². The molecule has 0 saturated carbocycles. The van der Waals surface area contributed by atoms with E-state index >= 15 is 0 Å². The minimum Gasteiger partial charge on any atom is -0.481 e. The Morgan fingerprint density at radius 2 is 2.05 bits per heavy atom. The van der Waals surface area contributed by atoms with Gasteiger partial charge in [0, 0.05) is 30.5 Å². The van der Waals surface area contributed by atoms with Crippen molar-refractivity contribution in [1.82, 2.24) is 9.55 Å². The van der Waals surface area contributed by atoms with E-state index in [2.05, 4.69) is 4.98 Å². The zero-order valence-corrected chi connectivity index (χ0v) is 12.8. The number of hydrogen-bond acceptors (Lipinski definition) is 4. The second-order valence-electron chi connectivity index (χ2n) is 6.03. The Hall–Kier alpha value is -1.85. The highest BCUT2D eigenvalue weighted by atomic mass is 16.4. The summed E-state index contributed by atoms with van der Waals surface area (Å²) in [6.07, 6.45) is 3.21. The molecule has 20 heavy (non-hydrogen) atoms. The monoisotopic (exact) mass is 281 g/mol. The Morgan fingerprint density at radius 1 is 1.45 bits per heavy atom. The average molecular weight is 281 g/mol. The van der Waals surface area contributed by atoms with Crippen LogP contribution in [0.25, 0.3) is 0 Å². The quantitative estimate of drug-likeness (QED) is 0.889. The number of hydrogen-bond donors (Lipinski definition) is 1. The number of nitrogens with zero attached hydrogens (tertiary/aromatic N) is 3. The van der Waals surface area contributed by atoms with Gasteiger partial charge in [-0.3, -0.25) is 9.59 Å². The van der Waals surface area contributed by atoms with Crippen molar-refractivity contribution in [1.29, 1.82) is 0 Å². The lowest BCUT2D eigenvalue weighted by atomic mass is 10.1. The van der Waals surface area contributed by atoms with Crippen LogP contribution >= 0.6 is 0 Å². The topological polar surface area (TPSA) is 75.4 Å². The fraction of sp³-hybridized carbons (Fsp3) is 0.643. The zero-order valence-electron chi connectivity index (χ0n) is 12.8. The number of rotatable bonds is 5. The van der Waals surface area contributed by atoms with E-state index in [-0.39, 0.29) is 30.1 Å². The molecule has 0 atom stereocenters. The predicted molar refractivity (Wildman–Crippen MR) is 78.2 cm³/mol. The summed E-state index contributed by atoms with van der Waals surface area (Å²) in [5.74, 6) is -0.582. The van der Waals surface area contributed by atoms with Gasteiger partial charge in [0.05, 0.1) is 6.42 Å². The standard InChI is InChI=1S/C14H23N3O3/c1-10(2)16(8-6-11(18)19)12-13(20)17(9-7-15-12)14(3,4)5/h7,9-10H,6,8H2,1-5H3,(H,18,19). The van der Waals surface area contributed by atoms with Gasteiger partial charge in [0.2, 0.25) is 0 Å². The lowest BCUT2D eigenvalue weighted by Crippen LogP contribution is -2.42. The minimum absolute atomic E-state index is 0.00497. The van der Waals surface area contributed by atoms with Gasteiger partial charge in [-0.1, -0.05) is 0 Å². The van der Waals surface area contributed by atoms with Crippen molar-refractivity contribution in [3.63, 3.8) is 0 Å². The molecule has 0 aliphatic heterocycles. The summed E-state index contributed by atoms with van der Waals surface area (Å²) in [4.78, 5) is 29.1. The first-order valence-corrected chi connectivity index (χ1v) is 6.71. The number of carbonyl (C=O) groups is 1. The van der Waals surface area contributed by atoms with Gasteiger partial charge >= 0.3 is 5.97 Å². The highest BCUT2D eigenvalue weighted by molar-refractivity contribution is 5.67. The van der Waals surface area contributed by atoms with Gasteiger partial charge in [0.1, 0.15) is 0 Å². The van der Waals surface area contributed by atoms with Gasteiger partial charge in [-0.15, -0.1) is 0 Å². The fourth-order valence-electron chi connectivity index (χ4n) is 1.95. The number of anilines is 1. The van der Waals surface area contributed by atoms with Gasteiger partial charge in [-0.05, 0) is 34.6 Å². The lowest BCUT2D eigenvalue weighted by molar-refractivity contribution is -0.136. The van der Waals surface area contributed by atoms with E-state index in [0.717, 1.165) is 0 Å². The van der Waals surface area contributed by atoms with E-state index in [1.54, 1.807) is 21.9 Å². The summed E-state index contributed by atoms with van der Waals surface area (Å²) in [6.45, 7) is 9.91. The van der Waals surface area contributed by atoms with Crippen LogP contribution < -0.4 is 10.5 Å². The van der Waals surface area contributed by atoms with Crippen LogP contribution in [-0.2, 0) is 10.3 Å².